The van der Waals surface area contributed by atoms with Crippen LogP contribution in [0.15, 0.2) is 17.8 Å². The van der Waals surface area contributed by atoms with E-state index in [1.165, 1.54) is 4.88 Å². The van der Waals surface area contributed by atoms with Gasteiger partial charge in [0.05, 0.1) is 0 Å². The molecule has 0 radical (unpaired) electrons. The molecule has 0 bridgehead atoms. The largest absolute Gasteiger partial charge is 0.317 e. The van der Waals surface area contributed by atoms with Crippen molar-refractivity contribution in [2.45, 2.75) is 20.3 Å². The molecule has 0 unspecified atom stereocenters. The fourth-order valence-corrected chi connectivity index (χ4v) is 3.09. The highest BCUT2D eigenvalue weighted by atomic mass is 32.1. The molecule has 0 aliphatic carbocycles. The lowest BCUT2D eigenvalue weighted by molar-refractivity contribution is -0.122. The van der Waals surface area contributed by atoms with Gasteiger partial charge in [-0.15, -0.1) is 11.3 Å². The van der Waals surface area contributed by atoms with Crippen molar-refractivity contribution in [3.63, 3.8) is 0 Å². The minimum atomic E-state index is -0.00329. The smallest absolute Gasteiger partial charge is 0.276 e. The van der Waals surface area contributed by atoms with Gasteiger partial charge in [0, 0.05) is 23.3 Å². The molecule has 0 atom stereocenters. The quantitative estimate of drug-likeness (QED) is 0.628. The van der Waals surface area contributed by atoms with Crippen molar-refractivity contribution < 1.29 is 4.79 Å². The summed E-state index contributed by atoms with van der Waals surface area (Å²) in [7, 11) is 1.84. The van der Waals surface area contributed by atoms with Gasteiger partial charge in [0.15, 0.2) is 5.11 Å². The van der Waals surface area contributed by atoms with Crippen LogP contribution in [0.1, 0.15) is 23.6 Å². The monoisotopic (exact) mass is 280 g/mol. The van der Waals surface area contributed by atoms with E-state index >= 15 is 0 Å². The van der Waals surface area contributed by atoms with Crippen LogP contribution in [0.2, 0.25) is 0 Å². The molecule has 1 aromatic rings. The first kappa shape index (κ1) is 13.2. The fourth-order valence-electron chi connectivity index (χ4n) is 1.89. The Balaban J connectivity index is 2.32. The van der Waals surface area contributed by atoms with Crippen molar-refractivity contribution in [2.24, 2.45) is 0 Å². The number of carbonyl (C=O) groups is 1. The molecule has 1 fully saturated rings. The lowest BCUT2D eigenvalue weighted by atomic mass is 10.3. The van der Waals surface area contributed by atoms with Crippen molar-refractivity contribution in [1.82, 2.24) is 9.80 Å². The number of thiophene rings is 1. The van der Waals surface area contributed by atoms with Crippen molar-refractivity contribution >= 4 is 40.7 Å². The molecule has 96 valence electrons. The molecule has 1 aliphatic heterocycles. The maximum atomic E-state index is 12.2. The van der Waals surface area contributed by atoms with Crippen molar-refractivity contribution in [1.29, 1.82) is 0 Å². The summed E-state index contributed by atoms with van der Waals surface area (Å²) in [5, 5.41) is 0.584. The molecule has 0 saturated carbocycles. The van der Waals surface area contributed by atoms with Crippen LogP contribution >= 0.6 is 23.6 Å². The van der Waals surface area contributed by atoms with Gasteiger partial charge in [-0.2, -0.15) is 0 Å². The molecule has 1 aliphatic rings. The lowest BCUT2D eigenvalue weighted by Gasteiger charge is -2.13. The molecule has 0 spiro atoms. The highest BCUT2D eigenvalue weighted by Crippen LogP contribution is 2.25. The van der Waals surface area contributed by atoms with Crippen LogP contribution in [0, 0.1) is 0 Å². The molecule has 1 amide bonds. The molecular formula is C13H16N2OS2. The Bertz CT molecular complexity index is 519. The molecule has 0 aromatic carbocycles. The SMILES string of the molecule is CCc1ccc(/C=C2/C(=O)N(CC)C(=S)N2C)s1. The Morgan fingerprint density at radius 3 is 2.61 bits per heavy atom. The summed E-state index contributed by atoms with van der Waals surface area (Å²) < 4.78 is 0. The van der Waals surface area contributed by atoms with E-state index in [4.69, 9.17) is 12.2 Å². The van der Waals surface area contributed by atoms with E-state index < -0.39 is 0 Å². The Morgan fingerprint density at radius 2 is 2.11 bits per heavy atom. The van der Waals surface area contributed by atoms with Gasteiger partial charge in [0.1, 0.15) is 5.70 Å². The Kier molecular flexibility index (Phi) is 3.82. The third kappa shape index (κ3) is 2.20. The van der Waals surface area contributed by atoms with Crippen LogP contribution in [0.4, 0.5) is 0 Å². The summed E-state index contributed by atoms with van der Waals surface area (Å²) in [6.45, 7) is 4.68. The third-order valence-electron chi connectivity index (χ3n) is 2.97. The first-order valence-corrected chi connectivity index (χ1v) is 7.20. The van der Waals surface area contributed by atoms with E-state index in [1.54, 1.807) is 21.1 Å². The highest BCUT2D eigenvalue weighted by Gasteiger charge is 2.34. The van der Waals surface area contributed by atoms with Gasteiger partial charge in [-0.05, 0) is 43.8 Å². The molecule has 1 saturated heterocycles. The van der Waals surface area contributed by atoms with Crippen LogP contribution in [0.25, 0.3) is 6.08 Å². The standard InChI is InChI=1S/C13H16N2OS2/c1-4-9-6-7-10(18-9)8-11-12(16)15(5-2)13(17)14(11)3/h6-8H,4-5H2,1-3H3/b11-8-. The fraction of sp³-hybridized carbons (Fsp3) is 0.385. The summed E-state index contributed by atoms with van der Waals surface area (Å²) in [4.78, 5) is 18.0. The maximum absolute atomic E-state index is 12.2. The molecular weight excluding hydrogens is 264 g/mol. The zero-order valence-corrected chi connectivity index (χ0v) is 12.4. The first-order valence-electron chi connectivity index (χ1n) is 5.98. The minimum absolute atomic E-state index is 0.00329. The summed E-state index contributed by atoms with van der Waals surface area (Å²) in [6.07, 6.45) is 2.95. The van der Waals surface area contributed by atoms with Crippen molar-refractivity contribution in [3.05, 3.63) is 27.6 Å². The Labute approximate surface area is 117 Å². The van der Waals surface area contributed by atoms with E-state index in [1.807, 2.05) is 20.0 Å². The predicted molar refractivity (Wildman–Crippen MR) is 79.4 cm³/mol. The molecule has 5 heteroatoms. The number of hydrogen-bond donors (Lipinski definition) is 0. The van der Waals surface area contributed by atoms with Crippen LogP contribution in [0.3, 0.4) is 0 Å². The average Bonchev–Trinajstić information content (AvgIpc) is 2.89. The number of nitrogens with zero attached hydrogens (tertiary/aromatic N) is 2. The lowest BCUT2D eigenvalue weighted by Crippen LogP contribution is -2.30. The van der Waals surface area contributed by atoms with Crippen LogP contribution in [-0.2, 0) is 11.2 Å². The number of likely N-dealkylation sites (N-methyl/N-ethyl adjacent to an activating group) is 2. The number of aryl methyl sites for hydroxylation is 1. The van der Waals surface area contributed by atoms with Crippen LogP contribution < -0.4 is 0 Å². The zero-order chi connectivity index (χ0) is 13.3. The first-order chi connectivity index (χ1) is 8.58. The molecule has 0 N–H and O–H groups in total. The molecule has 2 heterocycles. The zero-order valence-electron chi connectivity index (χ0n) is 10.8. The summed E-state index contributed by atoms with van der Waals surface area (Å²) in [5.41, 5.74) is 0.659. The predicted octanol–water partition coefficient (Wildman–Crippen LogP) is 2.73. The van der Waals surface area contributed by atoms with Gasteiger partial charge in [-0.1, -0.05) is 6.92 Å². The topological polar surface area (TPSA) is 23.6 Å². The molecule has 2 rings (SSSR count). The van der Waals surface area contributed by atoms with Crippen LogP contribution in [-0.4, -0.2) is 34.4 Å². The second-order valence-electron chi connectivity index (χ2n) is 4.08. The summed E-state index contributed by atoms with van der Waals surface area (Å²) in [5.74, 6) is -0.00329. The van der Waals surface area contributed by atoms with Gasteiger partial charge in [-0.3, -0.25) is 9.69 Å². The van der Waals surface area contributed by atoms with Crippen LogP contribution in [0.5, 0.6) is 0 Å². The molecule has 18 heavy (non-hydrogen) atoms. The molecule has 3 nitrogen and oxygen atoms in total. The van der Waals surface area contributed by atoms with Gasteiger partial charge in [0.2, 0.25) is 0 Å². The molecule has 1 aromatic heterocycles. The summed E-state index contributed by atoms with van der Waals surface area (Å²) >= 11 is 6.97. The number of hydrogen-bond acceptors (Lipinski definition) is 3. The minimum Gasteiger partial charge on any atom is -0.317 e. The highest BCUT2D eigenvalue weighted by molar-refractivity contribution is 7.80. The second-order valence-corrected chi connectivity index (χ2v) is 5.64. The number of carbonyl (C=O) groups excluding carboxylic acids is 1. The van der Waals surface area contributed by atoms with Gasteiger partial charge < -0.3 is 4.90 Å². The van der Waals surface area contributed by atoms with E-state index in [-0.39, 0.29) is 5.91 Å². The normalized spacial score (nSPS) is 18.3. The third-order valence-corrected chi connectivity index (χ3v) is 4.64. The number of rotatable bonds is 3. The van der Waals surface area contributed by atoms with E-state index in [0.29, 0.717) is 17.4 Å². The number of amides is 1. The number of thiocarbonyl (C=S) groups is 1. The van der Waals surface area contributed by atoms with E-state index in [0.717, 1.165) is 11.3 Å². The Hall–Kier alpha value is -1.20. The average molecular weight is 280 g/mol. The second kappa shape index (κ2) is 5.20. The van der Waals surface area contributed by atoms with Crippen molar-refractivity contribution in [2.75, 3.05) is 13.6 Å². The van der Waals surface area contributed by atoms with E-state index in [2.05, 4.69) is 19.1 Å². The summed E-state index contributed by atoms with van der Waals surface area (Å²) in [6, 6.07) is 4.15. The van der Waals surface area contributed by atoms with Gasteiger partial charge in [-0.25, -0.2) is 0 Å². The van der Waals surface area contributed by atoms with Crippen molar-refractivity contribution in [3.8, 4) is 0 Å². The maximum Gasteiger partial charge on any atom is 0.276 e. The van der Waals surface area contributed by atoms with E-state index in [9.17, 15) is 4.79 Å². The Morgan fingerprint density at radius 1 is 1.39 bits per heavy atom. The van der Waals surface area contributed by atoms with Gasteiger partial charge >= 0.3 is 0 Å². The van der Waals surface area contributed by atoms with Gasteiger partial charge in [0.25, 0.3) is 5.91 Å².